The number of carbonyl (C=O) groups is 1. The highest BCUT2D eigenvalue weighted by Gasteiger charge is 2.07. The number of nitrogens with one attached hydrogen (secondary N) is 2. The van der Waals surface area contributed by atoms with Gasteiger partial charge in [0.2, 0.25) is 5.91 Å². The Morgan fingerprint density at radius 1 is 1.22 bits per heavy atom. The van der Waals surface area contributed by atoms with Crippen LogP contribution in [-0.2, 0) is 11.2 Å². The van der Waals surface area contributed by atoms with Crippen LogP contribution in [0.2, 0.25) is 0 Å². The number of hydrogen-bond donors (Lipinski definition) is 4. The molecule has 0 aliphatic carbocycles. The number of phenols is 2. The van der Waals surface area contributed by atoms with E-state index in [-0.39, 0.29) is 23.8 Å². The lowest BCUT2D eigenvalue weighted by Crippen LogP contribution is -2.19. The fraction of sp³-hybridized carbons (Fsp3) is 0.0588. The summed E-state index contributed by atoms with van der Waals surface area (Å²) in [5.74, 6) is -0.410. The summed E-state index contributed by atoms with van der Waals surface area (Å²) in [6, 6.07) is 11.9. The van der Waals surface area contributed by atoms with Crippen molar-refractivity contribution < 1.29 is 15.0 Å². The molecule has 6 heteroatoms. The number of benzene rings is 2. The van der Waals surface area contributed by atoms with E-state index in [0.717, 1.165) is 16.5 Å². The highest BCUT2D eigenvalue weighted by molar-refractivity contribution is 5.90. The van der Waals surface area contributed by atoms with Crippen molar-refractivity contribution in [1.29, 1.82) is 0 Å². The van der Waals surface area contributed by atoms with Crippen molar-refractivity contribution in [2.75, 3.05) is 0 Å². The van der Waals surface area contributed by atoms with Crippen molar-refractivity contribution in [3.05, 3.63) is 59.8 Å². The number of rotatable bonds is 4. The van der Waals surface area contributed by atoms with Crippen LogP contribution in [0.5, 0.6) is 11.5 Å². The number of para-hydroxylation sites is 1. The minimum Gasteiger partial charge on any atom is -0.508 e. The van der Waals surface area contributed by atoms with Gasteiger partial charge in [-0.15, -0.1) is 0 Å². The van der Waals surface area contributed by atoms with Crippen LogP contribution in [0.1, 0.15) is 11.1 Å². The van der Waals surface area contributed by atoms with Gasteiger partial charge in [-0.25, -0.2) is 5.43 Å². The van der Waals surface area contributed by atoms with E-state index in [0.29, 0.717) is 5.56 Å². The Balaban J connectivity index is 1.64. The molecule has 0 aliphatic heterocycles. The summed E-state index contributed by atoms with van der Waals surface area (Å²) in [5.41, 5.74) is 4.69. The van der Waals surface area contributed by atoms with Crippen molar-refractivity contribution in [1.82, 2.24) is 10.4 Å². The summed E-state index contributed by atoms with van der Waals surface area (Å²) >= 11 is 0. The molecule has 3 rings (SSSR count). The van der Waals surface area contributed by atoms with Crippen molar-refractivity contribution in [2.24, 2.45) is 5.10 Å². The fourth-order valence-corrected chi connectivity index (χ4v) is 2.31. The number of aromatic amines is 1. The molecule has 0 bridgehead atoms. The topological polar surface area (TPSA) is 97.7 Å². The summed E-state index contributed by atoms with van der Waals surface area (Å²) < 4.78 is 0. The van der Waals surface area contributed by atoms with E-state index in [1.54, 1.807) is 6.20 Å². The van der Waals surface area contributed by atoms with Crippen LogP contribution in [-0.4, -0.2) is 27.3 Å². The van der Waals surface area contributed by atoms with Gasteiger partial charge in [0.25, 0.3) is 0 Å². The van der Waals surface area contributed by atoms with Crippen LogP contribution in [0.25, 0.3) is 10.9 Å². The summed E-state index contributed by atoms with van der Waals surface area (Å²) in [6.45, 7) is 0. The van der Waals surface area contributed by atoms with Gasteiger partial charge in [0, 0.05) is 28.7 Å². The number of hydrogen-bond acceptors (Lipinski definition) is 4. The first-order valence-electron chi connectivity index (χ1n) is 7.02. The molecule has 23 heavy (non-hydrogen) atoms. The molecular formula is C17H15N3O3. The van der Waals surface area contributed by atoms with Crippen LogP contribution >= 0.6 is 0 Å². The SMILES string of the molecule is O=C(Cc1c[nH]c2ccccc12)N/N=C\c1ccc(O)cc1O. The van der Waals surface area contributed by atoms with E-state index in [4.69, 9.17) is 0 Å². The molecular weight excluding hydrogens is 294 g/mol. The Kier molecular flexibility index (Phi) is 3.97. The summed E-state index contributed by atoms with van der Waals surface area (Å²) in [5, 5.41) is 23.6. The molecule has 1 aromatic heterocycles. The zero-order chi connectivity index (χ0) is 16.2. The van der Waals surface area contributed by atoms with Gasteiger partial charge in [0.1, 0.15) is 11.5 Å². The van der Waals surface area contributed by atoms with Crippen LogP contribution < -0.4 is 5.43 Å². The van der Waals surface area contributed by atoms with Gasteiger partial charge in [-0.05, 0) is 23.8 Å². The maximum Gasteiger partial charge on any atom is 0.244 e. The quantitative estimate of drug-likeness (QED) is 0.439. The van der Waals surface area contributed by atoms with Gasteiger partial charge < -0.3 is 15.2 Å². The number of nitrogens with zero attached hydrogens (tertiary/aromatic N) is 1. The maximum atomic E-state index is 11.9. The standard InChI is InChI=1S/C17H15N3O3/c21-13-6-5-11(16(22)8-13)10-19-20-17(23)7-12-9-18-15-4-2-1-3-14(12)15/h1-6,8-10,18,21-22H,7H2,(H,20,23)/b19-10-. The largest absolute Gasteiger partial charge is 0.508 e. The minimum atomic E-state index is -0.260. The number of phenolic OH excluding ortho intramolecular Hbond substituents is 2. The van der Waals surface area contributed by atoms with Crippen LogP contribution in [0.3, 0.4) is 0 Å². The smallest absolute Gasteiger partial charge is 0.244 e. The molecule has 0 atom stereocenters. The maximum absolute atomic E-state index is 11.9. The van der Waals surface area contributed by atoms with Gasteiger partial charge in [-0.2, -0.15) is 5.10 Å². The van der Waals surface area contributed by atoms with Crippen molar-refractivity contribution in [3.63, 3.8) is 0 Å². The highest BCUT2D eigenvalue weighted by Crippen LogP contribution is 2.21. The average molecular weight is 309 g/mol. The third-order valence-electron chi connectivity index (χ3n) is 3.43. The lowest BCUT2D eigenvalue weighted by atomic mass is 10.1. The second-order valence-electron chi connectivity index (χ2n) is 5.07. The van der Waals surface area contributed by atoms with Crippen LogP contribution in [0, 0.1) is 0 Å². The molecule has 4 N–H and O–H groups in total. The van der Waals surface area contributed by atoms with Crippen LogP contribution in [0.15, 0.2) is 53.8 Å². The number of aromatic nitrogens is 1. The minimum absolute atomic E-state index is 0.0389. The summed E-state index contributed by atoms with van der Waals surface area (Å²) in [7, 11) is 0. The molecule has 0 fully saturated rings. The van der Waals surface area contributed by atoms with E-state index >= 15 is 0 Å². The van der Waals surface area contributed by atoms with Gasteiger partial charge >= 0.3 is 0 Å². The number of fused-ring (bicyclic) bond motifs is 1. The molecule has 0 unspecified atom stereocenters. The molecule has 0 spiro atoms. The summed E-state index contributed by atoms with van der Waals surface area (Å²) in [4.78, 5) is 15.1. The lowest BCUT2D eigenvalue weighted by molar-refractivity contribution is -0.120. The molecule has 0 radical (unpaired) electrons. The highest BCUT2D eigenvalue weighted by atomic mass is 16.3. The molecule has 3 aromatic rings. The van der Waals surface area contributed by atoms with Crippen molar-refractivity contribution in [3.8, 4) is 11.5 Å². The van der Waals surface area contributed by atoms with Gasteiger partial charge in [-0.1, -0.05) is 18.2 Å². The van der Waals surface area contributed by atoms with E-state index in [1.807, 2.05) is 24.3 Å². The number of aromatic hydroxyl groups is 2. The van der Waals surface area contributed by atoms with Crippen LogP contribution in [0.4, 0.5) is 0 Å². The molecule has 0 saturated heterocycles. The Bertz CT molecular complexity index is 884. The second-order valence-corrected chi connectivity index (χ2v) is 5.07. The molecule has 0 saturated carbocycles. The molecule has 2 aromatic carbocycles. The Morgan fingerprint density at radius 3 is 2.87 bits per heavy atom. The summed E-state index contributed by atoms with van der Waals surface area (Å²) in [6.07, 6.45) is 3.32. The van der Waals surface area contributed by atoms with Gasteiger partial charge in [0.05, 0.1) is 12.6 Å². The second kappa shape index (κ2) is 6.23. The molecule has 0 aliphatic rings. The molecule has 6 nitrogen and oxygen atoms in total. The van der Waals surface area contributed by atoms with E-state index < -0.39 is 0 Å². The monoisotopic (exact) mass is 309 g/mol. The Labute approximate surface area is 132 Å². The van der Waals surface area contributed by atoms with Crippen molar-refractivity contribution in [2.45, 2.75) is 6.42 Å². The zero-order valence-electron chi connectivity index (χ0n) is 12.2. The van der Waals surface area contributed by atoms with E-state index in [2.05, 4.69) is 15.5 Å². The van der Waals surface area contributed by atoms with E-state index in [9.17, 15) is 15.0 Å². The predicted molar refractivity (Wildman–Crippen MR) is 87.5 cm³/mol. The normalized spacial score (nSPS) is 11.1. The number of hydrazone groups is 1. The molecule has 116 valence electrons. The lowest BCUT2D eigenvalue weighted by Gasteiger charge is -2.01. The first kappa shape index (κ1) is 14.6. The molecule has 1 amide bonds. The van der Waals surface area contributed by atoms with Gasteiger partial charge in [0.15, 0.2) is 0 Å². The average Bonchev–Trinajstić information content (AvgIpc) is 2.93. The van der Waals surface area contributed by atoms with E-state index in [1.165, 1.54) is 24.4 Å². The first-order chi connectivity index (χ1) is 11.1. The zero-order valence-corrected chi connectivity index (χ0v) is 12.2. The third kappa shape index (κ3) is 3.32. The third-order valence-corrected chi connectivity index (χ3v) is 3.43. The number of amides is 1. The van der Waals surface area contributed by atoms with Gasteiger partial charge in [-0.3, -0.25) is 4.79 Å². The Morgan fingerprint density at radius 2 is 2.04 bits per heavy atom. The van der Waals surface area contributed by atoms with Crippen molar-refractivity contribution >= 4 is 23.0 Å². The fourth-order valence-electron chi connectivity index (χ4n) is 2.31. The number of carbonyl (C=O) groups excluding carboxylic acids is 1. The Hall–Kier alpha value is -3.28. The predicted octanol–water partition coefficient (Wildman–Crippen LogP) is 2.27. The number of H-pyrrole nitrogens is 1. The first-order valence-corrected chi connectivity index (χ1v) is 7.02. The molecule has 1 heterocycles.